The lowest BCUT2D eigenvalue weighted by atomic mass is 10.1. The number of carbonyl (C=O) groups is 2. The predicted molar refractivity (Wildman–Crippen MR) is 62.5 cm³/mol. The van der Waals surface area contributed by atoms with Crippen LogP contribution in [0.1, 0.15) is 17.5 Å². The van der Waals surface area contributed by atoms with Gasteiger partial charge in [0.05, 0.1) is 5.69 Å². The number of carbonyl (C=O) groups excluding carboxylic acids is 2. The summed E-state index contributed by atoms with van der Waals surface area (Å²) >= 11 is 0. The summed E-state index contributed by atoms with van der Waals surface area (Å²) in [5.74, 6) is -0.197. The summed E-state index contributed by atoms with van der Waals surface area (Å²) in [5, 5.41) is 5.61. The Kier molecular flexibility index (Phi) is 2.33. The molecule has 0 bridgehead atoms. The van der Waals surface area contributed by atoms with Crippen LogP contribution >= 0.6 is 0 Å². The number of hydrogen-bond donors (Lipinski definition) is 2. The van der Waals surface area contributed by atoms with Crippen LogP contribution in [-0.4, -0.2) is 18.5 Å². The van der Waals surface area contributed by atoms with Crippen molar-refractivity contribution in [3.63, 3.8) is 0 Å². The van der Waals surface area contributed by atoms with Crippen LogP contribution in [0.25, 0.3) is 0 Å². The van der Waals surface area contributed by atoms with Gasteiger partial charge in [-0.2, -0.15) is 0 Å². The van der Waals surface area contributed by atoms with Crippen molar-refractivity contribution >= 4 is 17.6 Å². The van der Waals surface area contributed by atoms with E-state index in [1.807, 2.05) is 12.1 Å². The maximum Gasteiger partial charge on any atom is 0.328 e. The van der Waals surface area contributed by atoms with Crippen molar-refractivity contribution in [3.8, 4) is 0 Å². The molecule has 5 heteroatoms. The summed E-state index contributed by atoms with van der Waals surface area (Å²) in [6, 6.07) is 5.62. The molecule has 0 unspecified atom stereocenters. The Hall–Kier alpha value is -1.88. The number of fused-ring (bicyclic) bond motifs is 1. The maximum atomic E-state index is 11.8. The molecule has 2 aliphatic heterocycles. The van der Waals surface area contributed by atoms with Gasteiger partial charge in [0, 0.05) is 26.1 Å². The largest absolute Gasteiger partial charge is 0.328 e. The minimum atomic E-state index is -0.318. The van der Waals surface area contributed by atoms with Gasteiger partial charge >= 0.3 is 6.03 Å². The zero-order valence-corrected chi connectivity index (χ0v) is 9.32. The standard InChI is InChI=1S/C12H13N3O2/c16-11-4-5-15(12(17)14-11)10-3-1-2-8-6-13-7-9(8)10/h1-3,13H,4-7H2,(H,14,16,17). The molecule has 5 nitrogen and oxygen atoms in total. The molecule has 0 aromatic heterocycles. The Morgan fingerprint density at radius 3 is 2.88 bits per heavy atom. The van der Waals surface area contributed by atoms with Gasteiger partial charge in [0.2, 0.25) is 5.91 Å². The Bertz CT molecular complexity index is 499. The van der Waals surface area contributed by atoms with E-state index in [1.165, 1.54) is 5.56 Å². The molecule has 88 valence electrons. The number of hydrogen-bond acceptors (Lipinski definition) is 3. The van der Waals surface area contributed by atoms with E-state index >= 15 is 0 Å². The normalized spacial score (nSPS) is 19.2. The van der Waals surface area contributed by atoms with Crippen LogP contribution in [0.3, 0.4) is 0 Å². The molecule has 3 amide bonds. The number of rotatable bonds is 1. The topological polar surface area (TPSA) is 61.4 Å². The van der Waals surface area contributed by atoms with Crippen molar-refractivity contribution < 1.29 is 9.59 Å². The van der Waals surface area contributed by atoms with Crippen molar-refractivity contribution in [2.45, 2.75) is 19.5 Å². The number of urea groups is 1. The molecule has 0 spiro atoms. The lowest BCUT2D eigenvalue weighted by Crippen LogP contribution is -2.49. The van der Waals surface area contributed by atoms with Crippen LogP contribution < -0.4 is 15.5 Å². The van der Waals surface area contributed by atoms with E-state index in [4.69, 9.17) is 0 Å². The first kappa shape index (κ1) is 10.3. The lowest BCUT2D eigenvalue weighted by molar-refractivity contribution is -0.120. The van der Waals surface area contributed by atoms with Crippen molar-refractivity contribution in [2.24, 2.45) is 0 Å². The van der Waals surface area contributed by atoms with Crippen LogP contribution in [0, 0.1) is 0 Å². The van der Waals surface area contributed by atoms with Gasteiger partial charge in [-0.05, 0) is 17.2 Å². The summed E-state index contributed by atoms with van der Waals surface area (Å²) in [6.07, 6.45) is 0.364. The van der Waals surface area contributed by atoms with Crippen molar-refractivity contribution in [2.75, 3.05) is 11.4 Å². The van der Waals surface area contributed by atoms with Gasteiger partial charge in [-0.15, -0.1) is 0 Å². The molecule has 1 fully saturated rings. The fourth-order valence-electron chi connectivity index (χ4n) is 2.36. The Morgan fingerprint density at radius 2 is 2.06 bits per heavy atom. The third-order valence-electron chi connectivity index (χ3n) is 3.21. The number of nitrogens with one attached hydrogen (secondary N) is 2. The molecule has 1 aromatic rings. The highest BCUT2D eigenvalue weighted by atomic mass is 16.2. The first-order valence-electron chi connectivity index (χ1n) is 5.68. The average molecular weight is 231 g/mol. The second kappa shape index (κ2) is 3.85. The van der Waals surface area contributed by atoms with Crippen LogP contribution in [0.5, 0.6) is 0 Å². The quantitative estimate of drug-likeness (QED) is 0.749. The number of anilines is 1. The molecule has 0 aliphatic carbocycles. The van der Waals surface area contributed by atoms with E-state index in [9.17, 15) is 9.59 Å². The van der Waals surface area contributed by atoms with E-state index in [-0.39, 0.29) is 11.9 Å². The van der Waals surface area contributed by atoms with Crippen LogP contribution in [-0.2, 0) is 17.9 Å². The minimum Gasteiger partial charge on any atom is -0.309 e. The molecule has 17 heavy (non-hydrogen) atoms. The molecule has 2 N–H and O–H groups in total. The van der Waals surface area contributed by atoms with E-state index in [2.05, 4.69) is 16.7 Å². The van der Waals surface area contributed by atoms with Gasteiger partial charge in [0.15, 0.2) is 0 Å². The van der Waals surface area contributed by atoms with Crippen molar-refractivity contribution in [1.29, 1.82) is 0 Å². The number of imide groups is 1. The van der Waals surface area contributed by atoms with Crippen molar-refractivity contribution in [1.82, 2.24) is 10.6 Å². The molecule has 1 aromatic carbocycles. The van der Waals surface area contributed by atoms with Gasteiger partial charge in [-0.25, -0.2) is 4.79 Å². The Labute approximate surface area is 98.8 Å². The Morgan fingerprint density at radius 1 is 1.18 bits per heavy atom. The summed E-state index contributed by atoms with van der Waals surface area (Å²) in [7, 11) is 0. The van der Waals surface area contributed by atoms with Gasteiger partial charge in [0.1, 0.15) is 0 Å². The maximum absolute atomic E-state index is 11.8. The number of amides is 3. The van der Waals surface area contributed by atoms with Gasteiger partial charge in [-0.1, -0.05) is 12.1 Å². The SMILES string of the molecule is O=C1CCN(c2cccc3c2CNC3)C(=O)N1. The third-order valence-corrected chi connectivity index (χ3v) is 3.21. The monoisotopic (exact) mass is 231 g/mol. The number of benzene rings is 1. The zero-order chi connectivity index (χ0) is 11.8. The second-order valence-corrected chi connectivity index (χ2v) is 4.27. The molecule has 3 rings (SSSR count). The molecular weight excluding hydrogens is 218 g/mol. The fraction of sp³-hybridized carbons (Fsp3) is 0.333. The van der Waals surface area contributed by atoms with Gasteiger partial charge in [-0.3, -0.25) is 15.0 Å². The molecule has 2 aliphatic rings. The molecular formula is C12H13N3O2. The average Bonchev–Trinajstić information content (AvgIpc) is 2.77. The van der Waals surface area contributed by atoms with E-state index in [0.717, 1.165) is 24.3 Å². The highest BCUT2D eigenvalue weighted by molar-refractivity contribution is 6.06. The predicted octanol–water partition coefficient (Wildman–Crippen LogP) is 0.736. The van der Waals surface area contributed by atoms with Crippen molar-refractivity contribution in [3.05, 3.63) is 29.3 Å². The zero-order valence-electron chi connectivity index (χ0n) is 9.32. The molecule has 2 heterocycles. The molecule has 0 saturated carbocycles. The fourth-order valence-corrected chi connectivity index (χ4v) is 2.36. The highest BCUT2D eigenvalue weighted by Crippen LogP contribution is 2.28. The smallest absolute Gasteiger partial charge is 0.309 e. The van der Waals surface area contributed by atoms with E-state index in [0.29, 0.717) is 13.0 Å². The summed E-state index contributed by atoms with van der Waals surface area (Å²) in [5.41, 5.74) is 3.31. The summed E-state index contributed by atoms with van der Waals surface area (Å²) < 4.78 is 0. The van der Waals surface area contributed by atoms with Crippen LogP contribution in [0.2, 0.25) is 0 Å². The van der Waals surface area contributed by atoms with E-state index in [1.54, 1.807) is 4.90 Å². The first-order chi connectivity index (χ1) is 8.25. The Balaban J connectivity index is 1.97. The van der Waals surface area contributed by atoms with Crippen LogP contribution in [0.4, 0.5) is 10.5 Å². The molecule has 0 atom stereocenters. The van der Waals surface area contributed by atoms with Crippen LogP contribution in [0.15, 0.2) is 18.2 Å². The highest BCUT2D eigenvalue weighted by Gasteiger charge is 2.27. The molecule has 1 saturated heterocycles. The second-order valence-electron chi connectivity index (χ2n) is 4.27. The third kappa shape index (κ3) is 1.68. The van der Waals surface area contributed by atoms with E-state index < -0.39 is 0 Å². The van der Waals surface area contributed by atoms with Gasteiger partial charge < -0.3 is 5.32 Å². The summed E-state index contributed by atoms with van der Waals surface area (Å²) in [4.78, 5) is 24.5. The minimum absolute atomic E-state index is 0.197. The first-order valence-corrected chi connectivity index (χ1v) is 5.68. The van der Waals surface area contributed by atoms with Gasteiger partial charge in [0.25, 0.3) is 0 Å². The lowest BCUT2D eigenvalue weighted by Gasteiger charge is -2.28. The summed E-state index contributed by atoms with van der Waals surface area (Å²) in [6.45, 7) is 2.09. The number of nitrogens with zero attached hydrogens (tertiary/aromatic N) is 1. The molecule has 0 radical (unpaired) electrons.